The maximum absolute atomic E-state index is 12.2. The Labute approximate surface area is 208 Å². The van der Waals surface area contributed by atoms with Crippen LogP contribution in [0.2, 0.25) is 0 Å². The minimum atomic E-state index is -0.545. The van der Waals surface area contributed by atoms with Crippen LogP contribution in [0.4, 0.5) is 15.4 Å². The van der Waals surface area contributed by atoms with E-state index in [2.05, 4.69) is 30.9 Å². The lowest BCUT2D eigenvalue weighted by Gasteiger charge is -2.14. The number of alkyl carbamates (subject to hydrolysis) is 1. The summed E-state index contributed by atoms with van der Waals surface area (Å²) in [6, 6.07) is 9.24. The fraction of sp³-hybridized carbons (Fsp3) is 0.208. The summed E-state index contributed by atoms with van der Waals surface area (Å²) in [5, 5.41) is 9.95. The standard InChI is InChI=1S/C24H25N7O3.ClH/c1-3-26-23(32)30-21-12-19-18(16-6-8-25-9-7-16)5-4-17(20(19)14-28-21)13-29-24(33)34-15-22-27-10-11-31(22)2;/h4-12,14H,3,13,15H2,1-2H3,(H,29,33)(H2,26,28,30,32);1H. The van der Waals surface area contributed by atoms with Crippen molar-refractivity contribution >= 4 is 41.1 Å². The van der Waals surface area contributed by atoms with Crippen molar-refractivity contribution in [2.75, 3.05) is 11.9 Å². The Morgan fingerprint density at radius 2 is 1.83 bits per heavy atom. The highest BCUT2D eigenvalue weighted by molar-refractivity contribution is 6.00. The number of nitrogens with one attached hydrogen (secondary N) is 3. The highest BCUT2D eigenvalue weighted by atomic mass is 35.5. The van der Waals surface area contributed by atoms with Gasteiger partial charge >= 0.3 is 12.1 Å². The number of amides is 3. The number of nitrogens with zero attached hydrogens (tertiary/aromatic N) is 4. The van der Waals surface area contributed by atoms with Crippen LogP contribution in [0.3, 0.4) is 0 Å². The molecule has 4 rings (SSSR count). The summed E-state index contributed by atoms with van der Waals surface area (Å²) in [5.74, 6) is 1.08. The summed E-state index contributed by atoms with van der Waals surface area (Å²) >= 11 is 0. The first-order valence-corrected chi connectivity index (χ1v) is 10.8. The van der Waals surface area contributed by atoms with E-state index in [0.717, 1.165) is 27.5 Å². The lowest BCUT2D eigenvalue weighted by Crippen LogP contribution is -2.28. The molecule has 3 heterocycles. The van der Waals surface area contributed by atoms with Crippen LogP contribution in [-0.4, -0.2) is 38.2 Å². The number of hydrogen-bond acceptors (Lipinski definition) is 6. The Morgan fingerprint density at radius 1 is 1.03 bits per heavy atom. The van der Waals surface area contributed by atoms with Crippen molar-refractivity contribution in [3.05, 3.63) is 72.7 Å². The van der Waals surface area contributed by atoms with Gasteiger partial charge in [0.05, 0.1) is 0 Å². The minimum absolute atomic E-state index is 0. The van der Waals surface area contributed by atoms with Gasteiger partial charge in [0.25, 0.3) is 0 Å². The van der Waals surface area contributed by atoms with Gasteiger partial charge in [0, 0.05) is 56.5 Å². The topological polar surface area (TPSA) is 123 Å². The number of urea groups is 1. The summed E-state index contributed by atoms with van der Waals surface area (Å²) < 4.78 is 7.06. The molecule has 0 bridgehead atoms. The molecular weight excluding hydrogens is 470 g/mol. The summed E-state index contributed by atoms with van der Waals surface area (Å²) in [6.07, 6.45) is 8.03. The number of pyridine rings is 2. The van der Waals surface area contributed by atoms with Gasteiger partial charge in [-0.1, -0.05) is 12.1 Å². The first kappa shape index (κ1) is 25.4. The molecule has 35 heavy (non-hydrogen) atoms. The van der Waals surface area contributed by atoms with Crippen molar-refractivity contribution in [3.8, 4) is 11.1 Å². The van der Waals surface area contributed by atoms with Crippen molar-refractivity contribution in [1.82, 2.24) is 30.2 Å². The second kappa shape index (κ2) is 11.8. The van der Waals surface area contributed by atoms with Crippen LogP contribution in [0.5, 0.6) is 0 Å². The second-order valence-electron chi connectivity index (χ2n) is 7.49. The predicted molar refractivity (Wildman–Crippen MR) is 135 cm³/mol. The zero-order valence-electron chi connectivity index (χ0n) is 19.3. The smallest absolute Gasteiger partial charge is 0.407 e. The fourth-order valence-electron chi connectivity index (χ4n) is 3.51. The number of ether oxygens (including phenoxy) is 1. The number of carbonyl (C=O) groups is 2. The molecule has 3 N–H and O–H groups in total. The lowest BCUT2D eigenvalue weighted by molar-refractivity contribution is 0.135. The number of anilines is 1. The number of imidazole rings is 1. The van der Waals surface area contributed by atoms with Gasteiger partial charge in [0.15, 0.2) is 6.61 Å². The monoisotopic (exact) mass is 495 g/mol. The molecule has 0 saturated carbocycles. The molecule has 0 aliphatic carbocycles. The van der Waals surface area contributed by atoms with Gasteiger partial charge in [-0.05, 0) is 47.2 Å². The first-order valence-electron chi connectivity index (χ1n) is 10.8. The van der Waals surface area contributed by atoms with Gasteiger partial charge in [-0.25, -0.2) is 19.6 Å². The van der Waals surface area contributed by atoms with E-state index in [1.807, 2.05) is 44.3 Å². The van der Waals surface area contributed by atoms with Crippen molar-refractivity contribution in [3.63, 3.8) is 0 Å². The van der Waals surface area contributed by atoms with Gasteiger partial charge in [0.1, 0.15) is 11.6 Å². The van der Waals surface area contributed by atoms with E-state index < -0.39 is 6.09 Å². The molecule has 0 saturated heterocycles. The third-order valence-electron chi connectivity index (χ3n) is 5.24. The lowest BCUT2D eigenvalue weighted by atomic mass is 9.96. The van der Waals surface area contributed by atoms with Crippen LogP contribution in [0.1, 0.15) is 18.3 Å². The first-order chi connectivity index (χ1) is 16.5. The van der Waals surface area contributed by atoms with Gasteiger partial charge in [-0.2, -0.15) is 0 Å². The maximum atomic E-state index is 12.2. The Morgan fingerprint density at radius 3 is 2.54 bits per heavy atom. The molecule has 0 fully saturated rings. The predicted octanol–water partition coefficient (Wildman–Crippen LogP) is 4.02. The Hall–Kier alpha value is -4.18. The van der Waals surface area contributed by atoms with E-state index in [0.29, 0.717) is 18.2 Å². The van der Waals surface area contributed by atoms with E-state index in [4.69, 9.17) is 4.74 Å². The van der Waals surface area contributed by atoms with Gasteiger partial charge in [-0.15, -0.1) is 12.4 Å². The molecule has 0 unspecified atom stereocenters. The molecular formula is C24H26ClN7O3. The minimum Gasteiger partial charge on any atom is -0.441 e. The van der Waals surface area contributed by atoms with Crippen molar-refractivity contribution in [2.24, 2.45) is 7.05 Å². The third-order valence-corrected chi connectivity index (χ3v) is 5.24. The van der Waals surface area contributed by atoms with Crippen LogP contribution in [-0.2, 0) is 24.9 Å². The van der Waals surface area contributed by atoms with Crippen LogP contribution < -0.4 is 16.0 Å². The number of aryl methyl sites for hydroxylation is 1. The van der Waals surface area contributed by atoms with E-state index in [1.165, 1.54) is 0 Å². The number of benzene rings is 1. The van der Waals surface area contributed by atoms with Gasteiger partial charge < -0.3 is 19.9 Å². The van der Waals surface area contributed by atoms with Crippen LogP contribution in [0, 0.1) is 0 Å². The molecule has 3 aromatic heterocycles. The number of halogens is 1. The molecule has 0 radical (unpaired) electrons. The molecule has 0 atom stereocenters. The molecule has 3 amide bonds. The molecule has 10 nitrogen and oxygen atoms in total. The highest BCUT2D eigenvalue weighted by Gasteiger charge is 2.13. The van der Waals surface area contributed by atoms with Crippen LogP contribution in [0.15, 0.2) is 61.3 Å². The highest BCUT2D eigenvalue weighted by Crippen LogP contribution is 2.31. The fourth-order valence-corrected chi connectivity index (χ4v) is 3.51. The summed E-state index contributed by atoms with van der Waals surface area (Å²) in [5.41, 5.74) is 2.79. The molecule has 4 aromatic rings. The Kier molecular flexibility index (Phi) is 8.58. The summed E-state index contributed by atoms with van der Waals surface area (Å²) in [4.78, 5) is 36.8. The largest absolute Gasteiger partial charge is 0.441 e. The molecule has 11 heteroatoms. The van der Waals surface area contributed by atoms with E-state index in [-0.39, 0.29) is 31.6 Å². The van der Waals surface area contributed by atoms with E-state index >= 15 is 0 Å². The zero-order chi connectivity index (χ0) is 23.9. The number of hydrogen-bond donors (Lipinski definition) is 3. The SMILES string of the molecule is CCNC(=O)Nc1cc2c(-c3ccncc3)ccc(CNC(=O)OCc3nccn3C)c2cn1.Cl. The molecule has 1 aromatic carbocycles. The number of fused-ring (bicyclic) bond motifs is 1. The molecule has 0 aliphatic rings. The van der Waals surface area contributed by atoms with Crippen LogP contribution in [0.25, 0.3) is 21.9 Å². The second-order valence-corrected chi connectivity index (χ2v) is 7.49. The van der Waals surface area contributed by atoms with E-state index in [9.17, 15) is 9.59 Å². The van der Waals surface area contributed by atoms with Crippen molar-refractivity contribution in [2.45, 2.75) is 20.1 Å². The van der Waals surface area contributed by atoms with Crippen molar-refractivity contribution < 1.29 is 14.3 Å². The molecule has 0 aliphatic heterocycles. The molecule has 182 valence electrons. The van der Waals surface area contributed by atoms with E-state index in [1.54, 1.807) is 35.6 Å². The zero-order valence-corrected chi connectivity index (χ0v) is 20.1. The van der Waals surface area contributed by atoms with Crippen molar-refractivity contribution in [1.29, 1.82) is 0 Å². The average Bonchev–Trinajstić information content (AvgIpc) is 3.26. The summed E-state index contributed by atoms with van der Waals surface area (Å²) in [6.45, 7) is 2.67. The van der Waals surface area contributed by atoms with Gasteiger partial charge in [-0.3, -0.25) is 10.3 Å². The third kappa shape index (κ3) is 6.24. The number of rotatable bonds is 7. The maximum Gasteiger partial charge on any atom is 0.407 e. The average molecular weight is 496 g/mol. The summed E-state index contributed by atoms with van der Waals surface area (Å²) in [7, 11) is 1.84. The molecule has 0 spiro atoms. The number of carbonyl (C=O) groups excluding carboxylic acids is 2. The Balaban J connectivity index is 0.00000342. The van der Waals surface area contributed by atoms with Crippen LogP contribution >= 0.6 is 12.4 Å². The normalized spacial score (nSPS) is 10.3. The quantitative estimate of drug-likeness (QED) is 0.356. The number of aromatic nitrogens is 4. The van der Waals surface area contributed by atoms with Gasteiger partial charge in [0.2, 0.25) is 0 Å². The Bertz CT molecular complexity index is 1310.